The maximum absolute atomic E-state index is 13.0. The van der Waals surface area contributed by atoms with Gasteiger partial charge in [-0.3, -0.25) is 14.4 Å². The van der Waals surface area contributed by atoms with Crippen molar-refractivity contribution in [2.24, 2.45) is 0 Å². The van der Waals surface area contributed by atoms with Crippen LogP contribution in [0.4, 0.5) is 0 Å². The van der Waals surface area contributed by atoms with Crippen LogP contribution in [0.2, 0.25) is 0 Å². The number of esters is 3. The van der Waals surface area contributed by atoms with Gasteiger partial charge in [0.2, 0.25) is 0 Å². The average molecular weight is 1120 g/mol. The topological polar surface area (TPSA) is 78.9 Å². The third-order valence-electron chi connectivity index (χ3n) is 16.4. The van der Waals surface area contributed by atoms with Gasteiger partial charge in [-0.05, 0) is 77.0 Å². The van der Waals surface area contributed by atoms with Crippen molar-refractivity contribution in [1.82, 2.24) is 0 Å². The van der Waals surface area contributed by atoms with E-state index in [1.807, 2.05) is 0 Å². The third-order valence-corrected chi connectivity index (χ3v) is 16.4. The Hall–Kier alpha value is -2.37. The number of carbonyl (C=O) groups is 3. The summed E-state index contributed by atoms with van der Waals surface area (Å²) in [6, 6.07) is 0. The van der Waals surface area contributed by atoms with Gasteiger partial charge < -0.3 is 14.2 Å². The highest BCUT2D eigenvalue weighted by molar-refractivity contribution is 5.71. The van der Waals surface area contributed by atoms with Crippen LogP contribution < -0.4 is 0 Å². The van der Waals surface area contributed by atoms with Gasteiger partial charge in [-0.1, -0.05) is 340 Å². The first kappa shape index (κ1) is 77.6. The SMILES string of the molecule is CCCCCC/C=C\C/C=C\CCCCCCCC(=O)OCC(COC(=O)CCCCCCCCCCCCCCCCCCCCCCCCCCC)OC(=O)CCCCCCCCCCC/C=C\CCCCCCCCCC. The Labute approximate surface area is 499 Å². The van der Waals surface area contributed by atoms with Crippen LogP contribution in [0.5, 0.6) is 0 Å². The van der Waals surface area contributed by atoms with Gasteiger partial charge in [-0.2, -0.15) is 0 Å². The number of carbonyl (C=O) groups excluding carboxylic acids is 3. The van der Waals surface area contributed by atoms with E-state index in [0.717, 1.165) is 77.0 Å². The van der Waals surface area contributed by atoms with Gasteiger partial charge in [-0.25, -0.2) is 0 Å². The second-order valence-electron chi connectivity index (χ2n) is 24.5. The summed E-state index contributed by atoms with van der Waals surface area (Å²) >= 11 is 0. The molecular weight excluding hydrogens is 985 g/mol. The van der Waals surface area contributed by atoms with Crippen LogP contribution in [-0.2, 0) is 28.6 Å². The van der Waals surface area contributed by atoms with Crippen LogP contribution in [-0.4, -0.2) is 37.2 Å². The van der Waals surface area contributed by atoms with E-state index >= 15 is 0 Å². The molecule has 6 nitrogen and oxygen atoms in total. The first-order valence-corrected chi connectivity index (χ1v) is 36.0. The Balaban J connectivity index is 4.28. The normalized spacial score (nSPS) is 12.2. The number of hydrogen-bond donors (Lipinski definition) is 0. The van der Waals surface area contributed by atoms with Crippen LogP contribution in [0.3, 0.4) is 0 Å². The van der Waals surface area contributed by atoms with Crippen LogP contribution in [0.1, 0.15) is 400 Å². The van der Waals surface area contributed by atoms with Gasteiger partial charge in [0.05, 0.1) is 0 Å². The molecule has 0 aliphatic carbocycles. The maximum atomic E-state index is 13.0. The van der Waals surface area contributed by atoms with Gasteiger partial charge in [-0.15, -0.1) is 0 Å². The summed E-state index contributed by atoms with van der Waals surface area (Å²) in [5.41, 5.74) is 0. The van der Waals surface area contributed by atoms with Crippen molar-refractivity contribution in [1.29, 1.82) is 0 Å². The van der Waals surface area contributed by atoms with E-state index < -0.39 is 6.10 Å². The summed E-state index contributed by atoms with van der Waals surface area (Å²) in [6.07, 6.45) is 86.0. The Morgan fingerprint density at radius 2 is 0.450 bits per heavy atom. The smallest absolute Gasteiger partial charge is 0.306 e. The lowest BCUT2D eigenvalue weighted by molar-refractivity contribution is -0.167. The Bertz CT molecular complexity index is 1340. The number of ether oxygens (including phenoxy) is 3. The second-order valence-corrected chi connectivity index (χ2v) is 24.5. The van der Waals surface area contributed by atoms with Crippen LogP contribution >= 0.6 is 0 Å². The minimum Gasteiger partial charge on any atom is -0.462 e. The number of unbranched alkanes of at least 4 members (excludes halogenated alkanes) is 50. The summed E-state index contributed by atoms with van der Waals surface area (Å²) in [5, 5.41) is 0. The molecule has 0 rings (SSSR count). The van der Waals surface area contributed by atoms with Crippen LogP contribution in [0, 0.1) is 0 Å². The average Bonchev–Trinajstić information content (AvgIpc) is 3.46. The van der Waals surface area contributed by atoms with E-state index in [2.05, 4.69) is 57.2 Å². The van der Waals surface area contributed by atoms with Crippen molar-refractivity contribution in [3.8, 4) is 0 Å². The standard InChI is InChI=1S/C74H138O6/c1-4-7-10-13-16-19-22-25-28-31-33-35-36-37-38-40-41-43-46-49-52-55-58-61-64-67-73(76)79-70-71(69-78-72(75)66-63-60-57-54-51-48-45-30-27-24-21-18-15-12-9-6-3)80-74(77)68-65-62-59-56-53-50-47-44-42-39-34-32-29-26-23-20-17-14-11-8-5-2/h21,24,30,32,34,45,71H,4-20,22-23,25-29,31,33,35-44,46-70H2,1-3H3/b24-21-,34-32-,45-30-. The Morgan fingerprint density at radius 3 is 0.713 bits per heavy atom. The first-order chi connectivity index (χ1) is 39.5. The zero-order chi connectivity index (χ0) is 57.8. The summed E-state index contributed by atoms with van der Waals surface area (Å²) in [4.78, 5) is 38.5. The summed E-state index contributed by atoms with van der Waals surface area (Å²) < 4.78 is 17.0. The number of rotatable bonds is 67. The molecule has 0 aromatic carbocycles. The van der Waals surface area contributed by atoms with Crippen molar-refractivity contribution in [3.05, 3.63) is 36.5 Å². The van der Waals surface area contributed by atoms with Gasteiger partial charge in [0.25, 0.3) is 0 Å². The molecule has 470 valence electrons. The highest BCUT2D eigenvalue weighted by Crippen LogP contribution is 2.19. The lowest BCUT2D eigenvalue weighted by Crippen LogP contribution is -2.30. The minimum absolute atomic E-state index is 0.0727. The summed E-state index contributed by atoms with van der Waals surface area (Å²) in [5.74, 6) is -0.860. The molecule has 0 heterocycles. The van der Waals surface area contributed by atoms with E-state index in [0.29, 0.717) is 19.3 Å². The highest BCUT2D eigenvalue weighted by atomic mass is 16.6. The molecule has 1 atom stereocenters. The lowest BCUT2D eigenvalue weighted by Gasteiger charge is -2.18. The molecule has 0 N–H and O–H groups in total. The molecule has 1 unspecified atom stereocenters. The zero-order valence-electron chi connectivity index (χ0n) is 54.1. The molecule has 0 fully saturated rings. The van der Waals surface area contributed by atoms with Gasteiger partial charge >= 0.3 is 17.9 Å². The first-order valence-electron chi connectivity index (χ1n) is 36.0. The molecule has 6 heteroatoms. The van der Waals surface area contributed by atoms with Crippen molar-refractivity contribution in [2.75, 3.05) is 13.2 Å². The number of hydrogen-bond acceptors (Lipinski definition) is 6. The molecule has 0 spiro atoms. The lowest BCUT2D eigenvalue weighted by atomic mass is 10.0. The summed E-state index contributed by atoms with van der Waals surface area (Å²) in [6.45, 7) is 6.69. The largest absolute Gasteiger partial charge is 0.462 e. The molecule has 0 aromatic rings. The molecular formula is C74H138O6. The predicted octanol–water partition coefficient (Wildman–Crippen LogP) is 24.7. The van der Waals surface area contributed by atoms with Crippen LogP contribution in [0.25, 0.3) is 0 Å². The predicted molar refractivity (Wildman–Crippen MR) is 349 cm³/mol. The molecule has 0 aliphatic heterocycles. The van der Waals surface area contributed by atoms with Crippen LogP contribution in [0.15, 0.2) is 36.5 Å². The zero-order valence-corrected chi connectivity index (χ0v) is 54.1. The highest BCUT2D eigenvalue weighted by Gasteiger charge is 2.19. The monoisotopic (exact) mass is 1120 g/mol. The number of allylic oxidation sites excluding steroid dienone is 6. The van der Waals surface area contributed by atoms with E-state index in [1.165, 1.54) is 283 Å². The Kier molecular flexibility index (Phi) is 67.1. The van der Waals surface area contributed by atoms with Gasteiger partial charge in [0.15, 0.2) is 6.10 Å². The molecule has 0 saturated heterocycles. The van der Waals surface area contributed by atoms with Crippen molar-refractivity contribution < 1.29 is 28.6 Å². The Morgan fingerprint density at radius 1 is 0.250 bits per heavy atom. The van der Waals surface area contributed by atoms with E-state index in [9.17, 15) is 14.4 Å². The minimum atomic E-state index is -0.779. The second kappa shape index (κ2) is 69.1. The fourth-order valence-corrected chi connectivity index (χ4v) is 10.9. The fraction of sp³-hybridized carbons (Fsp3) is 0.878. The van der Waals surface area contributed by atoms with Crippen molar-refractivity contribution in [2.45, 2.75) is 406 Å². The maximum Gasteiger partial charge on any atom is 0.306 e. The third kappa shape index (κ3) is 66.4. The molecule has 0 saturated carbocycles. The quantitative estimate of drug-likeness (QED) is 0.0261. The summed E-state index contributed by atoms with van der Waals surface area (Å²) in [7, 11) is 0. The fourth-order valence-electron chi connectivity index (χ4n) is 10.9. The van der Waals surface area contributed by atoms with Crippen molar-refractivity contribution >= 4 is 17.9 Å². The van der Waals surface area contributed by atoms with E-state index in [4.69, 9.17) is 14.2 Å². The van der Waals surface area contributed by atoms with Crippen molar-refractivity contribution in [3.63, 3.8) is 0 Å². The molecule has 0 aromatic heterocycles. The van der Waals surface area contributed by atoms with Gasteiger partial charge in [0.1, 0.15) is 13.2 Å². The molecule has 0 radical (unpaired) electrons. The van der Waals surface area contributed by atoms with E-state index in [-0.39, 0.29) is 31.1 Å². The van der Waals surface area contributed by atoms with Gasteiger partial charge in [0, 0.05) is 19.3 Å². The molecule has 0 aliphatic rings. The molecule has 0 bridgehead atoms. The molecule has 0 amide bonds. The van der Waals surface area contributed by atoms with E-state index in [1.54, 1.807) is 0 Å². The molecule has 80 heavy (non-hydrogen) atoms.